The fourth-order valence-corrected chi connectivity index (χ4v) is 2.01. The van der Waals surface area contributed by atoms with Crippen molar-refractivity contribution in [3.05, 3.63) is 47.2 Å². The van der Waals surface area contributed by atoms with E-state index in [4.69, 9.17) is 11.6 Å². The molecule has 0 amide bonds. The molecule has 2 heterocycles. The third-order valence-corrected chi connectivity index (χ3v) is 3.06. The number of benzene rings is 1. The maximum atomic E-state index is 12.8. The number of hydrogen-bond donors (Lipinski definition) is 0. The molecule has 0 saturated heterocycles. The van der Waals surface area contributed by atoms with Crippen LogP contribution in [0.25, 0.3) is 16.9 Å². The Labute approximate surface area is 115 Å². The lowest BCUT2D eigenvalue weighted by Gasteiger charge is -2.10. The normalized spacial score (nSPS) is 12.0. The number of nitrogens with zero attached hydrogens (tertiary/aromatic N) is 4. The van der Waals surface area contributed by atoms with Crippen LogP contribution in [0.1, 0.15) is 5.56 Å². The molecule has 0 atom stereocenters. The molecule has 3 rings (SSSR count). The highest BCUT2D eigenvalue weighted by molar-refractivity contribution is 6.31. The van der Waals surface area contributed by atoms with E-state index in [9.17, 15) is 13.2 Å². The van der Waals surface area contributed by atoms with Gasteiger partial charge in [0.2, 0.25) is 0 Å². The third kappa shape index (κ3) is 2.20. The summed E-state index contributed by atoms with van der Waals surface area (Å²) in [4.78, 5) is 0. The summed E-state index contributed by atoms with van der Waals surface area (Å²) in [5, 5.41) is 11.2. The second-order valence-electron chi connectivity index (χ2n) is 4.04. The van der Waals surface area contributed by atoms with Gasteiger partial charge < -0.3 is 0 Å². The second kappa shape index (κ2) is 4.45. The van der Waals surface area contributed by atoms with Crippen molar-refractivity contribution in [1.82, 2.24) is 19.8 Å². The summed E-state index contributed by atoms with van der Waals surface area (Å²) in [6.45, 7) is 0. The molecule has 0 saturated carbocycles. The van der Waals surface area contributed by atoms with E-state index in [2.05, 4.69) is 15.3 Å². The lowest BCUT2D eigenvalue weighted by molar-refractivity contribution is -0.137. The van der Waals surface area contributed by atoms with Gasteiger partial charge in [-0.3, -0.25) is 0 Å². The summed E-state index contributed by atoms with van der Waals surface area (Å²) in [6, 6.07) is 6.86. The summed E-state index contributed by atoms with van der Waals surface area (Å²) >= 11 is 5.58. The zero-order valence-corrected chi connectivity index (χ0v) is 10.5. The molecule has 0 aliphatic carbocycles. The van der Waals surface area contributed by atoms with E-state index in [-0.39, 0.29) is 5.02 Å². The molecular weight excluding hydrogens is 293 g/mol. The minimum Gasteiger partial charge on any atom is -0.200 e. The van der Waals surface area contributed by atoms with Gasteiger partial charge in [0.05, 0.1) is 16.3 Å². The quantitative estimate of drug-likeness (QED) is 0.691. The first-order chi connectivity index (χ1) is 9.45. The lowest BCUT2D eigenvalue weighted by atomic mass is 10.1. The Kier molecular flexibility index (Phi) is 2.86. The summed E-state index contributed by atoms with van der Waals surface area (Å²) in [5.74, 6) is 0. The molecule has 1 aromatic carbocycles. The summed E-state index contributed by atoms with van der Waals surface area (Å²) in [7, 11) is 0. The van der Waals surface area contributed by atoms with E-state index in [0.29, 0.717) is 16.9 Å². The van der Waals surface area contributed by atoms with Gasteiger partial charge in [0.1, 0.15) is 6.33 Å². The van der Waals surface area contributed by atoms with E-state index < -0.39 is 11.7 Å². The molecule has 0 spiro atoms. The van der Waals surface area contributed by atoms with Crippen LogP contribution in [0.15, 0.2) is 36.7 Å². The van der Waals surface area contributed by atoms with Crippen molar-refractivity contribution in [3.8, 4) is 11.3 Å². The second-order valence-corrected chi connectivity index (χ2v) is 4.45. The van der Waals surface area contributed by atoms with Crippen LogP contribution in [-0.4, -0.2) is 19.8 Å². The molecule has 0 unspecified atom stereocenters. The van der Waals surface area contributed by atoms with Crippen LogP contribution in [0.2, 0.25) is 5.02 Å². The average molecular weight is 299 g/mol. The molecule has 0 radical (unpaired) electrons. The van der Waals surface area contributed by atoms with Crippen LogP contribution in [0.4, 0.5) is 13.2 Å². The van der Waals surface area contributed by atoms with Crippen LogP contribution in [-0.2, 0) is 6.18 Å². The third-order valence-electron chi connectivity index (χ3n) is 2.73. The molecule has 8 heteroatoms. The Morgan fingerprint density at radius 3 is 2.65 bits per heavy atom. The van der Waals surface area contributed by atoms with Gasteiger partial charge in [-0.25, -0.2) is 0 Å². The average Bonchev–Trinajstić information content (AvgIpc) is 2.85. The summed E-state index contributed by atoms with van der Waals surface area (Å²) < 4.78 is 39.8. The Morgan fingerprint density at radius 1 is 1.10 bits per heavy atom. The Morgan fingerprint density at radius 2 is 1.90 bits per heavy atom. The predicted octanol–water partition coefficient (Wildman–Crippen LogP) is 3.46. The number of halogens is 4. The highest BCUT2D eigenvalue weighted by Crippen LogP contribution is 2.36. The molecule has 3 aromatic rings. The maximum absolute atomic E-state index is 12.8. The molecular formula is C12H6ClF3N4. The fraction of sp³-hybridized carbons (Fsp3) is 0.0833. The zero-order chi connectivity index (χ0) is 14.3. The van der Waals surface area contributed by atoms with Gasteiger partial charge in [-0.2, -0.15) is 22.8 Å². The molecule has 0 aliphatic heterocycles. The predicted molar refractivity (Wildman–Crippen MR) is 66.2 cm³/mol. The highest BCUT2D eigenvalue weighted by Gasteiger charge is 2.33. The lowest BCUT2D eigenvalue weighted by Crippen LogP contribution is -2.06. The standard InChI is InChI=1S/C12H6ClF3N4/c13-9-2-1-7(5-8(9)12(14,15)16)10-3-4-11-18-17-6-20(11)19-10/h1-6H. The molecule has 0 aliphatic rings. The first kappa shape index (κ1) is 12.9. The Bertz CT molecular complexity index is 782. The van der Waals surface area contributed by atoms with Crippen LogP contribution in [0.5, 0.6) is 0 Å². The SMILES string of the molecule is FC(F)(F)c1cc(-c2ccc3nncn3n2)ccc1Cl. The van der Waals surface area contributed by atoms with Gasteiger partial charge in [-0.15, -0.1) is 10.2 Å². The number of hydrogen-bond acceptors (Lipinski definition) is 3. The maximum Gasteiger partial charge on any atom is 0.417 e. The van der Waals surface area contributed by atoms with Crippen LogP contribution in [0, 0.1) is 0 Å². The van der Waals surface area contributed by atoms with Crippen molar-refractivity contribution < 1.29 is 13.2 Å². The minimum atomic E-state index is -4.51. The van der Waals surface area contributed by atoms with Gasteiger partial charge in [0, 0.05) is 5.56 Å². The van der Waals surface area contributed by atoms with Gasteiger partial charge in [-0.05, 0) is 24.3 Å². The summed E-state index contributed by atoms with van der Waals surface area (Å²) in [6.07, 6.45) is -3.13. The van der Waals surface area contributed by atoms with Crippen molar-refractivity contribution in [3.63, 3.8) is 0 Å². The first-order valence-corrected chi connectivity index (χ1v) is 5.87. The molecule has 0 N–H and O–H groups in total. The van der Waals surface area contributed by atoms with Gasteiger partial charge >= 0.3 is 6.18 Å². The highest BCUT2D eigenvalue weighted by atomic mass is 35.5. The zero-order valence-electron chi connectivity index (χ0n) is 9.76. The number of aromatic nitrogens is 4. The van der Waals surface area contributed by atoms with Crippen molar-refractivity contribution in [2.75, 3.05) is 0 Å². The van der Waals surface area contributed by atoms with E-state index in [1.165, 1.54) is 23.0 Å². The molecule has 20 heavy (non-hydrogen) atoms. The van der Waals surface area contributed by atoms with Crippen LogP contribution >= 0.6 is 11.6 Å². The summed E-state index contributed by atoms with van der Waals surface area (Å²) in [5.41, 5.74) is 0.317. The van der Waals surface area contributed by atoms with E-state index in [1.54, 1.807) is 12.1 Å². The van der Waals surface area contributed by atoms with Crippen molar-refractivity contribution >= 4 is 17.2 Å². The Balaban J connectivity index is 2.14. The topological polar surface area (TPSA) is 43.1 Å². The number of fused-ring (bicyclic) bond motifs is 1. The van der Waals surface area contributed by atoms with Crippen molar-refractivity contribution in [2.45, 2.75) is 6.18 Å². The van der Waals surface area contributed by atoms with Gasteiger partial charge in [0.25, 0.3) is 0 Å². The van der Waals surface area contributed by atoms with Crippen LogP contribution in [0.3, 0.4) is 0 Å². The smallest absolute Gasteiger partial charge is 0.200 e. The molecule has 4 nitrogen and oxygen atoms in total. The van der Waals surface area contributed by atoms with Crippen molar-refractivity contribution in [2.24, 2.45) is 0 Å². The van der Waals surface area contributed by atoms with Gasteiger partial charge in [0.15, 0.2) is 5.65 Å². The molecule has 0 fully saturated rings. The Hall–Kier alpha value is -2.15. The first-order valence-electron chi connectivity index (χ1n) is 5.49. The monoisotopic (exact) mass is 298 g/mol. The molecule has 0 bridgehead atoms. The van der Waals surface area contributed by atoms with Crippen LogP contribution < -0.4 is 0 Å². The van der Waals surface area contributed by atoms with E-state index in [1.807, 2.05) is 0 Å². The van der Waals surface area contributed by atoms with E-state index in [0.717, 1.165) is 6.07 Å². The fourth-order valence-electron chi connectivity index (χ4n) is 1.78. The van der Waals surface area contributed by atoms with Gasteiger partial charge in [-0.1, -0.05) is 17.7 Å². The largest absolute Gasteiger partial charge is 0.417 e. The number of rotatable bonds is 1. The minimum absolute atomic E-state index is 0.317. The van der Waals surface area contributed by atoms with Crippen molar-refractivity contribution in [1.29, 1.82) is 0 Å². The molecule has 102 valence electrons. The van der Waals surface area contributed by atoms with E-state index >= 15 is 0 Å². The number of alkyl halides is 3. The molecule has 2 aromatic heterocycles.